The molecule has 2 heterocycles. The van der Waals surface area contributed by atoms with E-state index in [2.05, 4.69) is 15.0 Å². The van der Waals surface area contributed by atoms with Gasteiger partial charge in [-0.15, -0.1) is 0 Å². The number of aryl methyl sites for hydroxylation is 2. The molecule has 5 nitrogen and oxygen atoms in total. The fourth-order valence-electron chi connectivity index (χ4n) is 1.61. The summed E-state index contributed by atoms with van der Waals surface area (Å²) in [4.78, 5) is 12.9. The van der Waals surface area contributed by atoms with Crippen molar-refractivity contribution in [2.75, 3.05) is 0 Å². The Morgan fingerprint density at radius 3 is 2.62 bits per heavy atom. The Morgan fingerprint density at radius 1 is 1.38 bits per heavy atom. The minimum absolute atomic E-state index is 0.0459. The summed E-state index contributed by atoms with van der Waals surface area (Å²) in [6, 6.07) is -0.0459. The Hall–Kier alpha value is -1.75. The minimum atomic E-state index is -0.0459. The van der Waals surface area contributed by atoms with Crippen LogP contribution in [0.15, 0.2) is 18.6 Å². The zero-order valence-electron chi connectivity index (χ0n) is 9.68. The number of aromatic nitrogens is 4. The largest absolute Gasteiger partial charge is 0.331 e. The van der Waals surface area contributed by atoms with Gasteiger partial charge in [0, 0.05) is 42.9 Å². The maximum Gasteiger partial charge on any atom is 0.196 e. The molecular formula is C11H15N5. The second kappa shape index (κ2) is 4.02. The van der Waals surface area contributed by atoms with E-state index in [4.69, 9.17) is 5.73 Å². The molecule has 84 valence electrons. The Balaban J connectivity index is 2.46. The molecule has 2 aromatic heterocycles. The molecule has 5 heteroatoms. The van der Waals surface area contributed by atoms with Crippen LogP contribution in [-0.2, 0) is 7.05 Å². The van der Waals surface area contributed by atoms with Crippen molar-refractivity contribution in [1.29, 1.82) is 0 Å². The molecule has 2 N–H and O–H groups in total. The van der Waals surface area contributed by atoms with Gasteiger partial charge < -0.3 is 10.3 Å². The van der Waals surface area contributed by atoms with Crippen LogP contribution >= 0.6 is 0 Å². The first-order chi connectivity index (χ1) is 7.59. The summed E-state index contributed by atoms with van der Waals surface area (Å²) in [6.07, 6.45) is 5.37. The highest BCUT2D eigenvalue weighted by atomic mass is 15.1. The van der Waals surface area contributed by atoms with Crippen molar-refractivity contribution in [3.63, 3.8) is 0 Å². The first kappa shape index (κ1) is 10.8. The molecule has 0 fully saturated rings. The normalized spacial score (nSPS) is 12.8. The Labute approximate surface area is 94.4 Å². The number of hydrogen-bond donors (Lipinski definition) is 1. The third-order valence-electron chi connectivity index (χ3n) is 2.53. The van der Waals surface area contributed by atoms with E-state index in [1.165, 1.54) is 0 Å². The zero-order chi connectivity index (χ0) is 11.7. The van der Waals surface area contributed by atoms with Gasteiger partial charge in [-0.1, -0.05) is 0 Å². The lowest BCUT2D eigenvalue weighted by atomic mass is 10.1. The van der Waals surface area contributed by atoms with Crippen molar-refractivity contribution in [2.45, 2.75) is 19.9 Å². The summed E-state index contributed by atoms with van der Waals surface area (Å²) in [5.74, 6) is 1.40. The van der Waals surface area contributed by atoms with Crippen molar-refractivity contribution >= 4 is 0 Å². The van der Waals surface area contributed by atoms with Gasteiger partial charge in [0.2, 0.25) is 0 Å². The summed E-state index contributed by atoms with van der Waals surface area (Å²) in [5, 5.41) is 0. The maximum absolute atomic E-state index is 5.81. The monoisotopic (exact) mass is 217 g/mol. The lowest BCUT2D eigenvalue weighted by molar-refractivity contribution is 0.787. The molecule has 0 aliphatic rings. The molecule has 0 radical (unpaired) electrons. The van der Waals surface area contributed by atoms with Gasteiger partial charge in [-0.25, -0.2) is 15.0 Å². The maximum atomic E-state index is 5.81. The van der Waals surface area contributed by atoms with Crippen molar-refractivity contribution in [1.82, 2.24) is 19.5 Å². The van der Waals surface area contributed by atoms with Gasteiger partial charge in [0.15, 0.2) is 11.6 Å². The van der Waals surface area contributed by atoms with Gasteiger partial charge >= 0.3 is 0 Å². The highest BCUT2D eigenvalue weighted by molar-refractivity contribution is 5.44. The number of nitrogens with two attached hydrogens (primary N) is 1. The van der Waals surface area contributed by atoms with Crippen LogP contribution in [0.1, 0.15) is 24.2 Å². The van der Waals surface area contributed by atoms with Crippen molar-refractivity contribution in [3.8, 4) is 11.6 Å². The van der Waals surface area contributed by atoms with Crippen LogP contribution in [0.3, 0.4) is 0 Å². The van der Waals surface area contributed by atoms with Crippen LogP contribution in [0.2, 0.25) is 0 Å². The Morgan fingerprint density at radius 2 is 2.12 bits per heavy atom. The summed E-state index contributed by atoms with van der Waals surface area (Å²) in [7, 11) is 1.92. The third kappa shape index (κ3) is 1.81. The number of hydrogen-bond acceptors (Lipinski definition) is 4. The molecule has 0 aliphatic carbocycles. The molecule has 0 saturated carbocycles. The zero-order valence-corrected chi connectivity index (χ0v) is 9.68. The van der Waals surface area contributed by atoms with Crippen LogP contribution < -0.4 is 5.73 Å². The van der Waals surface area contributed by atoms with Gasteiger partial charge in [0.1, 0.15) is 0 Å². The molecule has 0 saturated heterocycles. The quantitative estimate of drug-likeness (QED) is 0.820. The standard InChI is InChI=1S/C11H15N5/c1-7(12)9-6-14-10(15-8(9)2)11-13-4-5-16(11)3/h4-7H,12H2,1-3H3. The predicted octanol–water partition coefficient (Wildman–Crippen LogP) is 1.21. The first-order valence-corrected chi connectivity index (χ1v) is 5.16. The summed E-state index contributed by atoms with van der Waals surface area (Å²) in [5.41, 5.74) is 7.69. The Kier molecular flexibility index (Phi) is 2.70. The third-order valence-corrected chi connectivity index (χ3v) is 2.53. The van der Waals surface area contributed by atoms with Crippen LogP contribution in [-0.4, -0.2) is 19.5 Å². The van der Waals surface area contributed by atoms with Gasteiger partial charge in [-0.05, 0) is 13.8 Å². The average Bonchev–Trinajstić information content (AvgIpc) is 2.63. The molecule has 0 aliphatic heterocycles. The molecule has 0 aromatic carbocycles. The van der Waals surface area contributed by atoms with Crippen molar-refractivity contribution in [2.24, 2.45) is 12.8 Å². The second-order valence-corrected chi connectivity index (χ2v) is 3.88. The number of nitrogens with zero attached hydrogens (tertiary/aromatic N) is 4. The summed E-state index contributed by atoms with van der Waals surface area (Å²) in [6.45, 7) is 3.86. The number of imidazole rings is 1. The SMILES string of the molecule is Cc1nc(-c2nccn2C)ncc1C(C)N. The van der Waals surface area contributed by atoms with E-state index in [1.807, 2.05) is 31.7 Å². The molecule has 0 bridgehead atoms. The molecule has 2 aromatic rings. The molecular weight excluding hydrogens is 202 g/mol. The topological polar surface area (TPSA) is 69.6 Å². The highest BCUT2D eigenvalue weighted by Gasteiger charge is 2.10. The smallest absolute Gasteiger partial charge is 0.196 e. The summed E-state index contributed by atoms with van der Waals surface area (Å²) < 4.78 is 1.89. The van der Waals surface area contributed by atoms with E-state index < -0.39 is 0 Å². The molecule has 0 amide bonds. The van der Waals surface area contributed by atoms with Gasteiger partial charge in [-0.2, -0.15) is 0 Å². The van der Waals surface area contributed by atoms with E-state index >= 15 is 0 Å². The van der Waals surface area contributed by atoms with E-state index in [0.29, 0.717) is 5.82 Å². The molecule has 1 unspecified atom stereocenters. The highest BCUT2D eigenvalue weighted by Crippen LogP contribution is 2.16. The van der Waals surface area contributed by atoms with Crippen LogP contribution in [0.4, 0.5) is 0 Å². The molecule has 1 atom stereocenters. The Bertz CT molecular complexity index is 501. The predicted molar refractivity (Wildman–Crippen MR) is 61.6 cm³/mol. The second-order valence-electron chi connectivity index (χ2n) is 3.88. The van der Waals surface area contributed by atoms with Crippen LogP contribution in [0.25, 0.3) is 11.6 Å². The van der Waals surface area contributed by atoms with Crippen molar-refractivity contribution in [3.05, 3.63) is 29.8 Å². The van der Waals surface area contributed by atoms with Gasteiger partial charge in [-0.3, -0.25) is 0 Å². The van der Waals surface area contributed by atoms with E-state index in [0.717, 1.165) is 17.1 Å². The minimum Gasteiger partial charge on any atom is -0.331 e. The first-order valence-electron chi connectivity index (χ1n) is 5.16. The lowest BCUT2D eigenvalue weighted by Crippen LogP contribution is -2.10. The fraction of sp³-hybridized carbons (Fsp3) is 0.364. The fourth-order valence-corrected chi connectivity index (χ4v) is 1.61. The van der Waals surface area contributed by atoms with Crippen LogP contribution in [0, 0.1) is 6.92 Å². The van der Waals surface area contributed by atoms with E-state index in [1.54, 1.807) is 12.4 Å². The van der Waals surface area contributed by atoms with Crippen molar-refractivity contribution < 1.29 is 0 Å². The molecule has 0 spiro atoms. The molecule has 16 heavy (non-hydrogen) atoms. The summed E-state index contributed by atoms with van der Waals surface area (Å²) >= 11 is 0. The molecule has 2 rings (SSSR count). The number of rotatable bonds is 2. The van der Waals surface area contributed by atoms with Gasteiger partial charge in [0.05, 0.1) is 0 Å². The van der Waals surface area contributed by atoms with Gasteiger partial charge in [0.25, 0.3) is 0 Å². The van der Waals surface area contributed by atoms with E-state index in [-0.39, 0.29) is 6.04 Å². The van der Waals surface area contributed by atoms with Crippen LogP contribution in [0.5, 0.6) is 0 Å². The average molecular weight is 217 g/mol. The van der Waals surface area contributed by atoms with E-state index in [9.17, 15) is 0 Å². The lowest BCUT2D eigenvalue weighted by Gasteiger charge is -2.09.